The molecule has 88 valence electrons. The lowest BCUT2D eigenvalue weighted by Crippen LogP contribution is -2.46. The summed E-state index contributed by atoms with van der Waals surface area (Å²) in [6.45, 7) is 1.53. The number of aliphatic hydroxyl groups is 1. The Labute approximate surface area is 95.5 Å². The summed E-state index contributed by atoms with van der Waals surface area (Å²) in [6.07, 6.45) is 0.607. The highest BCUT2D eigenvalue weighted by molar-refractivity contribution is 5.81. The lowest BCUT2D eigenvalue weighted by Gasteiger charge is -2.17. The van der Waals surface area contributed by atoms with Crippen molar-refractivity contribution in [3.05, 3.63) is 35.9 Å². The van der Waals surface area contributed by atoms with E-state index in [-0.39, 0.29) is 18.6 Å². The molecule has 2 atom stereocenters. The summed E-state index contributed by atoms with van der Waals surface area (Å²) < 4.78 is 0. The standard InChI is InChI=1S/C12H18N2O2/c1-9(13)12(16)14-11(8-15)7-10-5-3-2-4-6-10/h2-6,9,11,15H,7-8,13H2,1H3,(H,14,16)/t9?,11-/m1/s1. The minimum absolute atomic E-state index is 0.0899. The summed E-state index contributed by atoms with van der Waals surface area (Å²) in [7, 11) is 0. The highest BCUT2D eigenvalue weighted by Gasteiger charge is 2.14. The van der Waals surface area contributed by atoms with Crippen LogP contribution in [0.3, 0.4) is 0 Å². The minimum Gasteiger partial charge on any atom is -0.394 e. The number of amides is 1. The molecule has 0 aliphatic heterocycles. The lowest BCUT2D eigenvalue weighted by molar-refractivity contribution is -0.123. The normalized spacial score (nSPS) is 14.2. The zero-order valence-corrected chi connectivity index (χ0v) is 9.39. The molecule has 0 saturated carbocycles. The zero-order chi connectivity index (χ0) is 12.0. The summed E-state index contributed by atoms with van der Waals surface area (Å²) in [5.41, 5.74) is 6.51. The second kappa shape index (κ2) is 6.25. The molecule has 1 amide bonds. The monoisotopic (exact) mass is 222 g/mol. The van der Waals surface area contributed by atoms with Gasteiger partial charge < -0.3 is 16.2 Å². The number of nitrogens with one attached hydrogen (secondary N) is 1. The first kappa shape index (κ1) is 12.7. The van der Waals surface area contributed by atoms with Crippen molar-refractivity contribution in [2.75, 3.05) is 6.61 Å². The van der Waals surface area contributed by atoms with Gasteiger partial charge in [-0.3, -0.25) is 4.79 Å². The Morgan fingerprint density at radius 3 is 2.56 bits per heavy atom. The average molecular weight is 222 g/mol. The van der Waals surface area contributed by atoms with Crippen LogP contribution in [0.25, 0.3) is 0 Å². The predicted molar refractivity (Wildman–Crippen MR) is 62.8 cm³/mol. The quantitative estimate of drug-likeness (QED) is 0.659. The zero-order valence-electron chi connectivity index (χ0n) is 9.39. The molecule has 16 heavy (non-hydrogen) atoms. The van der Waals surface area contributed by atoms with Crippen LogP contribution in [0.15, 0.2) is 30.3 Å². The molecule has 1 aromatic carbocycles. The number of hydrogen-bond acceptors (Lipinski definition) is 3. The molecule has 0 aliphatic rings. The van der Waals surface area contributed by atoms with Crippen LogP contribution < -0.4 is 11.1 Å². The van der Waals surface area contributed by atoms with Crippen LogP contribution >= 0.6 is 0 Å². The summed E-state index contributed by atoms with van der Waals surface area (Å²) in [5.74, 6) is -0.241. The summed E-state index contributed by atoms with van der Waals surface area (Å²) in [4.78, 5) is 11.4. The maximum atomic E-state index is 11.4. The van der Waals surface area contributed by atoms with Gasteiger partial charge in [-0.1, -0.05) is 30.3 Å². The number of benzene rings is 1. The maximum absolute atomic E-state index is 11.4. The van der Waals surface area contributed by atoms with E-state index in [2.05, 4.69) is 5.32 Å². The number of carbonyl (C=O) groups is 1. The van der Waals surface area contributed by atoms with Crippen molar-refractivity contribution in [1.29, 1.82) is 0 Å². The fourth-order valence-electron chi connectivity index (χ4n) is 1.39. The Hall–Kier alpha value is -1.39. The minimum atomic E-state index is -0.551. The molecule has 1 unspecified atom stereocenters. The first-order valence-electron chi connectivity index (χ1n) is 5.34. The molecule has 0 aromatic heterocycles. The molecule has 4 N–H and O–H groups in total. The molecule has 0 fully saturated rings. The second-order valence-corrected chi connectivity index (χ2v) is 3.87. The largest absolute Gasteiger partial charge is 0.394 e. The van der Waals surface area contributed by atoms with Gasteiger partial charge in [-0.2, -0.15) is 0 Å². The molecule has 0 aliphatic carbocycles. The number of nitrogens with two attached hydrogens (primary N) is 1. The van der Waals surface area contributed by atoms with Gasteiger partial charge in [-0.05, 0) is 18.9 Å². The van der Waals surface area contributed by atoms with Crippen LogP contribution in [0.1, 0.15) is 12.5 Å². The van der Waals surface area contributed by atoms with Crippen LogP contribution in [0.2, 0.25) is 0 Å². The molecular weight excluding hydrogens is 204 g/mol. The molecule has 4 nitrogen and oxygen atoms in total. The van der Waals surface area contributed by atoms with Gasteiger partial charge in [-0.25, -0.2) is 0 Å². The van der Waals surface area contributed by atoms with E-state index in [9.17, 15) is 4.79 Å². The molecule has 0 radical (unpaired) electrons. The van der Waals surface area contributed by atoms with Crippen molar-refractivity contribution in [3.8, 4) is 0 Å². The Bertz CT molecular complexity index is 325. The van der Waals surface area contributed by atoms with Crippen LogP contribution in [0.4, 0.5) is 0 Å². The molecule has 1 rings (SSSR count). The number of carbonyl (C=O) groups excluding carboxylic acids is 1. The van der Waals surface area contributed by atoms with E-state index >= 15 is 0 Å². The fraction of sp³-hybridized carbons (Fsp3) is 0.417. The molecule has 0 spiro atoms. The van der Waals surface area contributed by atoms with E-state index in [4.69, 9.17) is 10.8 Å². The number of rotatable bonds is 5. The van der Waals surface area contributed by atoms with Crippen LogP contribution in [0.5, 0.6) is 0 Å². The smallest absolute Gasteiger partial charge is 0.236 e. The third-order valence-electron chi connectivity index (χ3n) is 2.31. The molecule has 0 heterocycles. The van der Waals surface area contributed by atoms with Crippen molar-refractivity contribution < 1.29 is 9.90 Å². The summed E-state index contributed by atoms with van der Waals surface area (Å²) in [5, 5.41) is 11.9. The third kappa shape index (κ3) is 4.00. The Morgan fingerprint density at radius 2 is 2.06 bits per heavy atom. The van der Waals surface area contributed by atoms with Crippen molar-refractivity contribution in [2.24, 2.45) is 5.73 Å². The van der Waals surface area contributed by atoms with Crippen molar-refractivity contribution in [1.82, 2.24) is 5.32 Å². The van der Waals surface area contributed by atoms with Gasteiger partial charge >= 0.3 is 0 Å². The van der Waals surface area contributed by atoms with E-state index in [0.717, 1.165) is 5.56 Å². The Balaban J connectivity index is 2.53. The third-order valence-corrected chi connectivity index (χ3v) is 2.31. The molecule has 1 aromatic rings. The summed E-state index contributed by atoms with van der Waals surface area (Å²) >= 11 is 0. The Morgan fingerprint density at radius 1 is 1.44 bits per heavy atom. The molecule has 0 saturated heterocycles. The van der Waals surface area contributed by atoms with E-state index in [1.165, 1.54) is 0 Å². The predicted octanol–water partition coefficient (Wildman–Crippen LogP) is 0.0534. The van der Waals surface area contributed by atoms with Gasteiger partial charge in [0.1, 0.15) is 0 Å². The van der Waals surface area contributed by atoms with Crippen molar-refractivity contribution in [3.63, 3.8) is 0 Å². The van der Waals surface area contributed by atoms with Crippen molar-refractivity contribution in [2.45, 2.75) is 25.4 Å². The van der Waals surface area contributed by atoms with Crippen LogP contribution in [0, 0.1) is 0 Å². The first-order valence-corrected chi connectivity index (χ1v) is 5.34. The van der Waals surface area contributed by atoms with E-state index in [1.807, 2.05) is 30.3 Å². The van der Waals surface area contributed by atoms with Gasteiger partial charge in [0.15, 0.2) is 0 Å². The second-order valence-electron chi connectivity index (χ2n) is 3.87. The maximum Gasteiger partial charge on any atom is 0.236 e. The first-order chi connectivity index (χ1) is 7.63. The topological polar surface area (TPSA) is 75.4 Å². The van der Waals surface area contributed by atoms with Crippen LogP contribution in [-0.4, -0.2) is 29.7 Å². The fourth-order valence-corrected chi connectivity index (χ4v) is 1.39. The lowest BCUT2D eigenvalue weighted by atomic mass is 10.1. The molecule has 4 heteroatoms. The number of hydrogen-bond donors (Lipinski definition) is 3. The average Bonchev–Trinajstić information content (AvgIpc) is 2.29. The molecule has 0 bridgehead atoms. The highest BCUT2D eigenvalue weighted by Crippen LogP contribution is 2.02. The Kier molecular flexibility index (Phi) is 4.95. The van der Waals surface area contributed by atoms with Gasteiger partial charge in [0.05, 0.1) is 18.7 Å². The van der Waals surface area contributed by atoms with Gasteiger partial charge in [-0.15, -0.1) is 0 Å². The van der Waals surface area contributed by atoms with Crippen molar-refractivity contribution >= 4 is 5.91 Å². The van der Waals surface area contributed by atoms with E-state index < -0.39 is 6.04 Å². The van der Waals surface area contributed by atoms with Crippen LogP contribution in [-0.2, 0) is 11.2 Å². The SMILES string of the molecule is CC(N)C(=O)N[C@@H](CO)Cc1ccccc1. The summed E-state index contributed by atoms with van der Waals surface area (Å²) in [6, 6.07) is 8.87. The van der Waals surface area contributed by atoms with E-state index in [1.54, 1.807) is 6.92 Å². The highest BCUT2D eigenvalue weighted by atomic mass is 16.3. The van der Waals surface area contributed by atoms with E-state index in [0.29, 0.717) is 6.42 Å². The molecular formula is C12H18N2O2. The number of aliphatic hydroxyl groups excluding tert-OH is 1. The van der Waals surface area contributed by atoms with Gasteiger partial charge in [0, 0.05) is 0 Å². The van der Waals surface area contributed by atoms with Gasteiger partial charge in [0.2, 0.25) is 5.91 Å². The van der Waals surface area contributed by atoms with Gasteiger partial charge in [0.25, 0.3) is 0 Å².